The number of ether oxygens (including phenoxy) is 3. The first-order valence-corrected chi connectivity index (χ1v) is 8.12. The van der Waals surface area contributed by atoms with E-state index in [1.165, 1.54) is 5.56 Å². The van der Waals surface area contributed by atoms with Gasteiger partial charge in [0.2, 0.25) is 0 Å². The Bertz CT molecular complexity index is 845. The van der Waals surface area contributed by atoms with Crippen molar-refractivity contribution >= 4 is 17.8 Å². The van der Waals surface area contributed by atoms with Gasteiger partial charge in [-0.1, -0.05) is 43.3 Å². The van der Waals surface area contributed by atoms with Crippen LogP contribution in [0.15, 0.2) is 54.1 Å². The van der Waals surface area contributed by atoms with Gasteiger partial charge >= 0.3 is 5.97 Å². The minimum Gasteiger partial charge on any atom is -0.493 e. The third-order valence-electron chi connectivity index (χ3n) is 4.12. The summed E-state index contributed by atoms with van der Waals surface area (Å²) in [5, 5.41) is 0. The van der Waals surface area contributed by atoms with Gasteiger partial charge in [0.15, 0.2) is 11.5 Å². The van der Waals surface area contributed by atoms with Crippen LogP contribution in [0.25, 0.3) is 11.8 Å². The molecule has 2 aromatic rings. The fraction of sp³-hybridized carbons (Fsp3) is 0.190. The fourth-order valence-corrected chi connectivity index (χ4v) is 2.73. The summed E-state index contributed by atoms with van der Waals surface area (Å²) in [5.74, 6) is 1.38. The fourth-order valence-electron chi connectivity index (χ4n) is 2.73. The topological polar surface area (TPSA) is 44.8 Å². The summed E-state index contributed by atoms with van der Waals surface area (Å²) in [4.78, 5) is 12.2. The predicted octanol–water partition coefficient (Wildman–Crippen LogP) is 4.25. The maximum Gasteiger partial charge on any atom is 0.343 e. The van der Waals surface area contributed by atoms with Gasteiger partial charge in [-0.05, 0) is 30.2 Å². The molecule has 1 aliphatic heterocycles. The van der Waals surface area contributed by atoms with Crippen LogP contribution in [0.1, 0.15) is 23.6 Å². The van der Waals surface area contributed by atoms with Crippen molar-refractivity contribution in [2.45, 2.75) is 13.3 Å². The van der Waals surface area contributed by atoms with Crippen LogP contribution in [0.4, 0.5) is 0 Å². The first-order valence-electron chi connectivity index (χ1n) is 8.12. The van der Waals surface area contributed by atoms with Gasteiger partial charge in [-0.25, -0.2) is 4.79 Å². The van der Waals surface area contributed by atoms with E-state index in [1.807, 2.05) is 42.5 Å². The monoisotopic (exact) mass is 336 g/mol. The van der Waals surface area contributed by atoms with Gasteiger partial charge in [0, 0.05) is 11.1 Å². The van der Waals surface area contributed by atoms with E-state index in [9.17, 15) is 4.79 Å². The van der Waals surface area contributed by atoms with E-state index in [0.29, 0.717) is 22.8 Å². The Balaban J connectivity index is 1.96. The number of methoxy groups -OCH3 is 2. The van der Waals surface area contributed by atoms with Crippen LogP contribution in [0, 0.1) is 0 Å². The number of carbonyl (C=O) groups is 1. The summed E-state index contributed by atoms with van der Waals surface area (Å²) in [6.45, 7) is 2.10. The Labute approximate surface area is 147 Å². The molecule has 1 aliphatic rings. The van der Waals surface area contributed by atoms with Crippen LogP contribution >= 0.6 is 0 Å². The van der Waals surface area contributed by atoms with E-state index in [-0.39, 0.29) is 5.97 Å². The Morgan fingerprint density at radius 3 is 2.44 bits per heavy atom. The maximum atomic E-state index is 12.2. The molecule has 0 spiro atoms. The highest BCUT2D eigenvalue weighted by Crippen LogP contribution is 2.34. The number of hydrogen-bond donors (Lipinski definition) is 0. The molecular formula is C21H20O4. The smallest absolute Gasteiger partial charge is 0.343 e. The summed E-state index contributed by atoms with van der Waals surface area (Å²) in [7, 11) is 3.15. The van der Waals surface area contributed by atoms with Gasteiger partial charge in [-0.3, -0.25) is 0 Å². The molecule has 0 unspecified atom stereocenters. The lowest BCUT2D eigenvalue weighted by Crippen LogP contribution is -1.98. The van der Waals surface area contributed by atoms with Crippen LogP contribution in [-0.4, -0.2) is 20.2 Å². The van der Waals surface area contributed by atoms with Crippen molar-refractivity contribution in [2.75, 3.05) is 14.2 Å². The zero-order valence-electron chi connectivity index (χ0n) is 14.5. The minimum atomic E-state index is -0.376. The normalized spacial score (nSPS) is 15.1. The summed E-state index contributed by atoms with van der Waals surface area (Å²) in [5.41, 5.74) is 3.35. The van der Waals surface area contributed by atoms with E-state index in [4.69, 9.17) is 14.2 Å². The number of benzene rings is 2. The second-order valence-corrected chi connectivity index (χ2v) is 5.63. The highest BCUT2D eigenvalue weighted by atomic mass is 16.5. The third-order valence-corrected chi connectivity index (χ3v) is 4.12. The Morgan fingerprint density at radius 1 is 1.04 bits per heavy atom. The second-order valence-electron chi connectivity index (χ2n) is 5.63. The third kappa shape index (κ3) is 3.43. The standard InChI is InChI=1S/C21H20O4/c1-4-14-8-10-15(11-9-14)19-13-17(21(22)25-19)12-16-6-5-7-18(23-2)20(16)24-3/h5-13H,4H2,1-3H3. The molecule has 0 atom stereocenters. The van der Waals surface area contributed by atoms with E-state index >= 15 is 0 Å². The van der Waals surface area contributed by atoms with Gasteiger partial charge in [-0.2, -0.15) is 0 Å². The molecule has 0 N–H and O–H groups in total. The molecule has 2 aromatic carbocycles. The average Bonchev–Trinajstić information content (AvgIpc) is 3.02. The van der Waals surface area contributed by atoms with Gasteiger partial charge in [0.1, 0.15) is 5.76 Å². The quantitative estimate of drug-likeness (QED) is 0.605. The Kier molecular flexibility index (Phi) is 4.89. The molecule has 1 heterocycles. The molecule has 4 nitrogen and oxygen atoms in total. The SMILES string of the molecule is CCc1ccc(C2=CC(=Cc3cccc(OC)c3OC)C(=O)O2)cc1. The molecule has 0 fully saturated rings. The summed E-state index contributed by atoms with van der Waals surface area (Å²) in [6, 6.07) is 13.5. The first kappa shape index (κ1) is 16.8. The zero-order chi connectivity index (χ0) is 17.8. The molecule has 128 valence electrons. The molecule has 0 saturated carbocycles. The number of aryl methyl sites for hydroxylation is 1. The highest BCUT2D eigenvalue weighted by molar-refractivity contribution is 6.05. The van der Waals surface area contributed by atoms with Crippen molar-refractivity contribution < 1.29 is 19.0 Å². The number of carbonyl (C=O) groups excluding carboxylic acids is 1. The Hall–Kier alpha value is -3.01. The zero-order valence-corrected chi connectivity index (χ0v) is 14.5. The molecule has 4 heteroatoms. The number of para-hydroxylation sites is 1. The molecule has 0 bridgehead atoms. The van der Waals surface area contributed by atoms with Crippen LogP contribution in [-0.2, 0) is 16.0 Å². The second kappa shape index (κ2) is 7.26. The lowest BCUT2D eigenvalue weighted by atomic mass is 10.1. The molecule has 0 aromatic heterocycles. The van der Waals surface area contributed by atoms with Crippen LogP contribution in [0.2, 0.25) is 0 Å². The highest BCUT2D eigenvalue weighted by Gasteiger charge is 2.22. The van der Waals surface area contributed by atoms with Crippen molar-refractivity contribution in [3.63, 3.8) is 0 Å². The van der Waals surface area contributed by atoms with Crippen molar-refractivity contribution in [1.82, 2.24) is 0 Å². The first-order chi connectivity index (χ1) is 12.2. The molecule has 25 heavy (non-hydrogen) atoms. The maximum absolute atomic E-state index is 12.2. The van der Waals surface area contributed by atoms with Crippen molar-refractivity contribution in [3.8, 4) is 11.5 Å². The number of hydrogen-bond acceptors (Lipinski definition) is 4. The Morgan fingerprint density at radius 2 is 1.80 bits per heavy atom. The molecule has 3 rings (SSSR count). The van der Waals surface area contributed by atoms with Gasteiger partial charge in [0.05, 0.1) is 19.8 Å². The largest absolute Gasteiger partial charge is 0.493 e. The van der Waals surface area contributed by atoms with E-state index in [2.05, 4.69) is 6.92 Å². The minimum absolute atomic E-state index is 0.376. The van der Waals surface area contributed by atoms with Gasteiger partial charge < -0.3 is 14.2 Å². The predicted molar refractivity (Wildman–Crippen MR) is 97.4 cm³/mol. The molecule has 0 saturated heterocycles. The summed E-state index contributed by atoms with van der Waals surface area (Å²) in [6.07, 6.45) is 4.47. The summed E-state index contributed by atoms with van der Waals surface area (Å²) >= 11 is 0. The molecule has 0 amide bonds. The molecule has 0 aliphatic carbocycles. The number of rotatable bonds is 5. The van der Waals surface area contributed by atoms with Crippen LogP contribution in [0.3, 0.4) is 0 Å². The van der Waals surface area contributed by atoms with Crippen molar-refractivity contribution in [3.05, 3.63) is 70.8 Å². The van der Waals surface area contributed by atoms with Crippen LogP contribution < -0.4 is 9.47 Å². The van der Waals surface area contributed by atoms with Gasteiger partial charge in [-0.15, -0.1) is 0 Å². The van der Waals surface area contributed by atoms with Gasteiger partial charge in [0.25, 0.3) is 0 Å². The van der Waals surface area contributed by atoms with Crippen molar-refractivity contribution in [2.24, 2.45) is 0 Å². The van der Waals surface area contributed by atoms with Crippen LogP contribution in [0.5, 0.6) is 11.5 Å². The van der Waals surface area contributed by atoms with E-state index < -0.39 is 0 Å². The molecular weight excluding hydrogens is 316 g/mol. The van der Waals surface area contributed by atoms with E-state index in [0.717, 1.165) is 17.5 Å². The number of esters is 1. The van der Waals surface area contributed by atoms with E-state index in [1.54, 1.807) is 26.4 Å². The lowest BCUT2D eigenvalue weighted by molar-refractivity contribution is -0.130. The summed E-state index contributed by atoms with van der Waals surface area (Å²) < 4.78 is 16.1. The average molecular weight is 336 g/mol. The lowest BCUT2D eigenvalue weighted by Gasteiger charge is -2.10. The van der Waals surface area contributed by atoms with Crippen molar-refractivity contribution in [1.29, 1.82) is 0 Å². The molecule has 0 radical (unpaired) electrons. The number of cyclic esters (lactones) is 1.